The van der Waals surface area contributed by atoms with Gasteiger partial charge < -0.3 is 5.32 Å². The van der Waals surface area contributed by atoms with Crippen molar-refractivity contribution < 1.29 is 0 Å². The highest BCUT2D eigenvalue weighted by atomic mass is 14.9. The van der Waals surface area contributed by atoms with E-state index < -0.39 is 0 Å². The van der Waals surface area contributed by atoms with E-state index in [0.29, 0.717) is 6.04 Å². The molecule has 2 atom stereocenters. The molecule has 0 aromatic heterocycles. The molecule has 15 heavy (non-hydrogen) atoms. The normalized spacial score (nSPS) is 23.0. The lowest BCUT2D eigenvalue weighted by Crippen LogP contribution is -2.40. The summed E-state index contributed by atoms with van der Waals surface area (Å²) in [7, 11) is 0. The molecule has 0 aliphatic heterocycles. The lowest BCUT2D eigenvalue weighted by molar-refractivity contribution is 0.258. The van der Waals surface area contributed by atoms with E-state index in [9.17, 15) is 0 Å². The molecular weight excluding hydrogens is 182 g/mol. The molecule has 0 bridgehead atoms. The molecule has 1 saturated carbocycles. The van der Waals surface area contributed by atoms with Crippen LogP contribution in [-0.4, -0.2) is 12.1 Å². The fraction of sp³-hybridized carbons (Fsp3) is 1.00. The van der Waals surface area contributed by atoms with Crippen LogP contribution < -0.4 is 5.32 Å². The van der Waals surface area contributed by atoms with E-state index >= 15 is 0 Å². The molecule has 0 aromatic carbocycles. The SMILES string of the molecule is CC(C)CC(C)NC(C)C1CCCCC1. The van der Waals surface area contributed by atoms with E-state index in [-0.39, 0.29) is 0 Å². The summed E-state index contributed by atoms with van der Waals surface area (Å²) in [6.07, 6.45) is 8.57. The molecule has 1 N–H and O–H groups in total. The first-order chi connectivity index (χ1) is 7.09. The Morgan fingerprint density at radius 1 is 1.00 bits per heavy atom. The van der Waals surface area contributed by atoms with Crippen molar-refractivity contribution in [3.8, 4) is 0 Å². The van der Waals surface area contributed by atoms with Crippen molar-refractivity contribution in [3.63, 3.8) is 0 Å². The average molecular weight is 211 g/mol. The number of hydrogen-bond donors (Lipinski definition) is 1. The largest absolute Gasteiger partial charge is 0.311 e. The van der Waals surface area contributed by atoms with Crippen molar-refractivity contribution in [2.75, 3.05) is 0 Å². The predicted molar refractivity (Wildman–Crippen MR) is 68.1 cm³/mol. The van der Waals surface area contributed by atoms with Crippen molar-refractivity contribution in [1.82, 2.24) is 5.32 Å². The van der Waals surface area contributed by atoms with Crippen LogP contribution in [0.4, 0.5) is 0 Å². The van der Waals surface area contributed by atoms with Gasteiger partial charge in [-0.05, 0) is 44.9 Å². The lowest BCUT2D eigenvalue weighted by Gasteiger charge is -2.31. The van der Waals surface area contributed by atoms with Gasteiger partial charge in [-0.3, -0.25) is 0 Å². The molecule has 0 radical (unpaired) electrons. The Hall–Kier alpha value is -0.0400. The third-order valence-electron chi connectivity index (χ3n) is 3.73. The maximum Gasteiger partial charge on any atom is 0.00694 e. The van der Waals surface area contributed by atoms with E-state index in [1.165, 1.54) is 38.5 Å². The van der Waals surface area contributed by atoms with Gasteiger partial charge in [0.05, 0.1) is 0 Å². The van der Waals surface area contributed by atoms with Crippen LogP contribution in [0.5, 0.6) is 0 Å². The molecule has 0 saturated heterocycles. The third kappa shape index (κ3) is 5.01. The molecule has 1 fully saturated rings. The molecule has 1 rings (SSSR count). The predicted octanol–water partition coefficient (Wildman–Crippen LogP) is 3.98. The monoisotopic (exact) mass is 211 g/mol. The zero-order valence-electron chi connectivity index (χ0n) is 11.1. The second kappa shape index (κ2) is 6.52. The topological polar surface area (TPSA) is 12.0 Å². The Balaban J connectivity index is 2.23. The molecule has 0 spiro atoms. The first kappa shape index (κ1) is 13.0. The van der Waals surface area contributed by atoms with Gasteiger partial charge in [-0.25, -0.2) is 0 Å². The third-order valence-corrected chi connectivity index (χ3v) is 3.73. The van der Waals surface area contributed by atoms with E-state index in [1.54, 1.807) is 0 Å². The number of nitrogens with one attached hydrogen (secondary N) is 1. The van der Waals surface area contributed by atoms with E-state index in [1.807, 2.05) is 0 Å². The standard InChI is InChI=1S/C14H29N/c1-11(2)10-12(3)15-13(4)14-8-6-5-7-9-14/h11-15H,5-10H2,1-4H3. The molecule has 1 nitrogen and oxygen atoms in total. The minimum atomic E-state index is 0.682. The molecule has 90 valence electrons. The molecule has 0 heterocycles. The van der Waals surface area contributed by atoms with Crippen LogP contribution in [0, 0.1) is 11.8 Å². The summed E-state index contributed by atoms with van der Waals surface area (Å²) in [5.74, 6) is 1.75. The maximum absolute atomic E-state index is 3.78. The molecule has 1 aliphatic rings. The van der Waals surface area contributed by atoms with Gasteiger partial charge >= 0.3 is 0 Å². The summed E-state index contributed by atoms with van der Waals surface area (Å²) in [6.45, 7) is 9.33. The molecule has 1 heteroatoms. The second-order valence-corrected chi connectivity index (χ2v) is 5.88. The van der Waals surface area contributed by atoms with Gasteiger partial charge in [0.1, 0.15) is 0 Å². The quantitative estimate of drug-likeness (QED) is 0.725. The summed E-state index contributed by atoms with van der Waals surface area (Å²) < 4.78 is 0. The van der Waals surface area contributed by atoms with Crippen molar-refractivity contribution >= 4 is 0 Å². The van der Waals surface area contributed by atoms with Gasteiger partial charge in [-0.2, -0.15) is 0 Å². The van der Waals surface area contributed by atoms with Gasteiger partial charge in [0.25, 0.3) is 0 Å². The van der Waals surface area contributed by atoms with Crippen molar-refractivity contribution in [2.45, 2.75) is 78.3 Å². The highest BCUT2D eigenvalue weighted by Gasteiger charge is 2.21. The van der Waals surface area contributed by atoms with Gasteiger partial charge in [0, 0.05) is 12.1 Å². The maximum atomic E-state index is 3.78. The van der Waals surface area contributed by atoms with Crippen LogP contribution >= 0.6 is 0 Å². The Kier molecular flexibility index (Phi) is 5.66. The minimum Gasteiger partial charge on any atom is -0.311 e. The van der Waals surface area contributed by atoms with E-state index in [0.717, 1.165) is 17.9 Å². The summed E-state index contributed by atoms with van der Waals surface area (Å²) in [6, 6.07) is 1.40. The van der Waals surface area contributed by atoms with Crippen LogP contribution in [0.25, 0.3) is 0 Å². The van der Waals surface area contributed by atoms with Crippen molar-refractivity contribution in [2.24, 2.45) is 11.8 Å². The minimum absolute atomic E-state index is 0.682. The Bertz CT molecular complexity index is 159. The van der Waals surface area contributed by atoms with Gasteiger partial charge in [-0.1, -0.05) is 33.1 Å². The highest BCUT2D eigenvalue weighted by molar-refractivity contribution is 4.78. The number of hydrogen-bond acceptors (Lipinski definition) is 1. The van der Waals surface area contributed by atoms with Crippen LogP contribution in [-0.2, 0) is 0 Å². The summed E-state index contributed by atoms with van der Waals surface area (Å²) in [4.78, 5) is 0. The summed E-state index contributed by atoms with van der Waals surface area (Å²) >= 11 is 0. The molecule has 1 aliphatic carbocycles. The van der Waals surface area contributed by atoms with Gasteiger partial charge in [0.2, 0.25) is 0 Å². The first-order valence-corrected chi connectivity index (χ1v) is 6.85. The second-order valence-electron chi connectivity index (χ2n) is 5.88. The lowest BCUT2D eigenvalue weighted by atomic mass is 9.84. The van der Waals surface area contributed by atoms with Crippen LogP contribution in [0.1, 0.15) is 66.2 Å². The molecular formula is C14H29N. The zero-order chi connectivity index (χ0) is 11.3. The first-order valence-electron chi connectivity index (χ1n) is 6.85. The number of rotatable bonds is 5. The molecule has 2 unspecified atom stereocenters. The summed E-state index contributed by atoms with van der Waals surface area (Å²) in [5.41, 5.74) is 0. The average Bonchev–Trinajstić information content (AvgIpc) is 2.17. The van der Waals surface area contributed by atoms with Gasteiger partial charge in [0.15, 0.2) is 0 Å². The Morgan fingerprint density at radius 3 is 2.13 bits per heavy atom. The fourth-order valence-corrected chi connectivity index (χ4v) is 2.99. The van der Waals surface area contributed by atoms with E-state index in [4.69, 9.17) is 0 Å². The van der Waals surface area contributed by atoms with E-state index in [2.05, 4.69) is 33.0 Å². The zero-order valence-corrected chi connectivity index (χ0v) is 11.1. The smallest absolute Gasteiger partial charge is 0.00694 e. The Morgan fingerprint density at radius 2 is 1.60 bits per heavy atom. The fourth-order valence-electron chi connectivity index (χ4n) is 2.99. The van der Waals surface area contributed by atoms with Gasteiger partial charge in [-0.15, -0.1) is 0 Å². The summed E-state index contributed by atoms with van der Waals surface area (Å²) in [5, 5.41) is 3.78. The van der Waals surface area contributed by atoms with Crippen LogP contribution in [0.2, 0.25) is 0 Å². The van der Waals surface area contributed by atoms with Crippen molar-refractivity contribution in [1.29, 1.82) is 0 Å². The Labute approximate surface area is 96.0 Å². The highest BCUT2D eigenvalue weighted by Crippen LogP contribution is 2.26. The van der Waals surface area contributed by atoms with Crippen LogP contribution in [0.3, 0.4) is 0 Å². The van der Waals surface area contributed by atoms with Crippen LogP contribution in [0.15, 0.2) is 0 Å². The van der Waals surface area contributed by atoms with Crippen molar-refractivity contribution in [3.05, 3.63) is 0 Å². The molecule has 0 amide bonds. The molecule has 0 aromatic rings.